The number of nitrogens with one attached hydrogen (secondary N) is 1. The van der Waals surface area contributed by atoms with Crippen molar-refractivity contribution in [1.29, 1.82) is 0 Å². The molecule has 0 bridgehead atoms. The van der Waals surface area contributed by atoms with Crippen LogP contribution in [-0.4, -0.2) is 18.8 Å². The van der Waals surface area contributed by atoms with Crippen LogP contribution in [0.4, 0.5) is 0 Å². The van der Waals surface area contributed by atoms with Crippen molar-refractivity contribution in [2.24, 2.45) is 0 Å². The highest BCUT2D eigenvalue weighted by molar-refractivity contribution is 6.34. The van der Waals surface area contributed by atoms with Gasteiger partial charge >= 0.3 is 0 Å². The first-order valence-electron chi connectivity index (χ1n) is 7.31. The van der Waals surface area contributed by atoms with E-state index in [2.05, 4.69) is 5.32 Å². The van der Waals surface area contributed by atoms with E-state index in [1.165, 1.54) is 0 Å². The number of rotatable bonds is 5. The molecule has 0 saturated heterocycles. The number of amides is 1. The van der Waals surface area contributed by atoms with Crippen LogP contribution in [0.5, 0.6) is 17.2 Å². The van der Waals surface area contributed by atoms with E-state index in [1.54, 1.807) is 25.1 Å². The highest BCUT2D eigenvalue weighted by Crippen LogP contribution is 2.32. The van der Waals surface area contributed by atoms with Crippen LogP contribution in [0, 0.1) is 0 Å². The molecule has 1 amide bonds. The zero-order valence-corrected chi connectivity index (χ0v) is 14.4. The van der Waals surface area contributed by atoms with Gasteiger partial charge in [0.15, 0.2) is 17.6 Å². The Morgan fingerprint density at radius 1 is 1.21 bits per heavy atom. The van der Waals surface area contributed by atoms with E-state index in [9.17, 15) is 4.79 Å². The summed E-state index contributed by atoms with van der Waals surface area (Å²) in [6.45, 7) is 2.22. The SMILES string of the molecule is CC(Oc1cc(Cl)ccc1Cl)C(=O)NCc1ccc2c(c1)OCO2. The van der Waals surface area contributed by atoms with Crippen LogP contribution in [0.25, 0.3) is 0 Å². The zero-order valence-electron chi connectivity index (χ0n) is 12.8. The molecule has 2 aromatic carbocycles. The van der Waals surface area contributed by atoms with E-state index in [1.807, 2.05) is 18.2 Å². The Kier molecular flexibility index (Phi) is 5.02. The monoisotopic (exact) mass is 367 g/mol. The van der Waals surface area contributed by atoms with Gasteiger partial charge in [0, 0.05) is 17.6 Å². The Morgan fingerprint density at radius 3 is 2.83 bits per heavy atom. The molecule has 3 rings (SSSR count). The van der Waals surface area contributed by atoms with Gasteiger partial charge in [-0.15, -0.1) is 0 Å². The first-order valence-corrected chi connectivity index (χ1v) is 8.06. The van der Waals surface area contributed by atoms with Gasteiger partial charge in [-0.1, -0.05) is 29.3 Å². The molecule has 1 aliphatic rings. The molecule has 0 fully saturated rings. The summed E-state index contributed by atoms with van der Waals surface area (Å²) in [4.78, 5) is 12.2. The molecule has 0 aromatic heterocycles. The van der Waals surface area contributed by atoms with Crippen LogP contribution in [0.3, 0.4) is 0 Å². The Morgan fingerprint density at radius 2 is 2.00 bits per heavy atom. The standard InChI is InChI=1S/C17H15Cl2NO4/c1-10(24-15-7-12(18)3-4-13(15)19)17(21)20-8-11-2-5-14-16(6-11)23-9-22-14/h2-7,10H,8-9H2,1H3,(H,20,21). The second kappa shape index (κ2) is 7.20. The van der Waals surface area contributed by atoms with Gasteiger partial charge < -0.3 is 19.5 Å². The molecule has 7 heteroatoms. The molecule has 0 saturated carbocycles. The summed E-state index contributed by atoms with van der Waals surface area (Å²) in [5.74, 6) is 1.49. The lowest BCUT2D eigenvalue weighted by atomic mass is 10.2. The lowest BCUT2D eigenvalue weighted by Crippen LogP contribution is -2.35. The van der Waals surface area contributed by atoms with Gasteiger partial charge in [-0.05, 0) is 36.8 Å². The van der Waals surface area contributed by atoms with E-state index in [0.717, 1.165) is 5.56 Å². The minimum Gasteiger partial charge on any atom is -0.479 e. The molecule has 24 heavy (non-hydrogen) atoms. The molecule has 1 aliphatic heterocycles. The van der Waals surface area contributed by atoms with Crippen molar-refractivity contribution < 1.29 is 19.0 Å². The molecule has 1 N–H and O–H groups in total. The first kappa shape index (κ1) is 16.7. The number of halogens is 2. The largest absolute Gasteiger partial charge is 0.479 e. The number of carbonyl (C=O) groups excluding carboxylic acids is 1. The van der Waals surface area contributed by atoms with Crippen LogP contribution < -0.4 is 19.5 Å². The maximum atomic E-state index is 12.2. The van der Waals surface area contributed by atoms with E-state index in [0.29, 0.717) is 33.8 Å². The zero-order chi connectivity index (χ0) is 17.1. The van der Waals surface area contributed by atoms with Crippen LogP contribution >= 0.6 is 23.2 Å². The highest BCUT2D eigenvalue weighted by Gasteiger charge is 2.17. The van der Waals surface area contributed by atoms with Crippen molar-refractivity contribution in [2.45, 2.75) is 19.6 Å². The van der Waals surface area contributed by atoms with Crippen LogP contribution in [0.1, 0.15) is 12.5 Å². The van der Waals surface area contributed by atoms with Gasteiger partial charge in [0.1, 0.15) is 5.75 Å². The van der Waals surface area contributed by atoms with Crippen LogP contribution in [-0.2, 0) is 11.3 Å². The lowest BCUT2D eigenvalue weighted by molar-refractivity contribution is -0.127. The van der Waals surface area contributed by atoms with Gasteiger partial charge in [0.05, 0.1) is 5.02 Å². The number of fused-ring (bicyclic) bond motifs is 1. The Bertz CT molecular complexity index is 766. The lowest BCUT2D eigenvalue weighted by Gasteiger charge is -2.16. The van der Waals surface area contributed by atoms with Gasteiger partial charge in [0.25, 0.3) is 5.91 Å². The van der Waals surface area contributed by atoms with Crippen molar-refractivity contribution in [2.75, 3.05) is 6.79 Å². The van der Waals surface area contributed by atoms with Crippen LogP contribution in [0.15, 0.2) is 36.4 Å². The number of ether oxygens (including phenoxy) is 3. The average molecular weight is 368 g/mol. The Labute approximate surface area is 149 Å². The predicted molar refractivity (Wildman–Crippen MR) is 91.0 cm³/mol. The van der Waals surface area contributed by atoms with Crippen molar-refractivity contribution in [3.8, 4) is 17.2 Å². The van der Waals surface area contributed by atoms with E-state index < -0.39 is 6.10 Å². The third-order valence-electron chi connectivity index (χ3n) is 3.47. The molecule has 1 heterocycles. The topological polar surface area (TPSA) is 56.8 Å². The molecular formula is C17H15Cl2NO4. The van der Waals surface area contributed by atoms with Gasteiger partial charge in [0.2, 0.25) is 6.79 Å². The molecule has 0 aliphatic carbocycles. The van der Waals surface area contributed by atoms with Crippen molar-refractivity contribution in [1.82, 2.24) is 5.32 Å². The van der Waals surface area contributed by atoms with Crippen LogP contribution in [0.2, 0.25) is 10.0 Å². The second-order valence-corrected chi connectivity index (χ2v) is 6.08. The third-order valence-corrected chi connectivity index (χ3v) is 4.02. The molecule has 0 radical (unpaired) electrons. The van der Waals surface area contributed by atoms with Crippen molar-refractivity contribution in [3.63, 3.8) is 0 Å². The average Bonchev–Trinajstić information content (AvgIpc) is 3.03. The summed E-state index contributed by atoms with van der Waals surface area (Å²) < 4.78 is 16.1. The van der Waals surface area contributed by atoms with Gasteiger partial charge in [-0.2, -0.15) is 0 Å². The number of benzene rings is 2. The Hall–Kier alpha value is -2.11. The Balaban J connectivity index is 1.57. The molecule has 2 aromatic rings. The molecule has 1 unspecified atom stereocenters. The summed E-state index contributed by atoms with van der Waals surface area (Å²) in [6.07, 6.45) is -0.713. The summed E-state index contributed by atoms with van der Waals surface area (Å²) in [5, 5.41) is 3.69. The quantitative estimate of drug-likeness (QED) is 0.872. The fourth-order valence-electron chi connectivity index (χ4n) is 2.20. The summed E-state index contributed by atoms with van der Waals surface area (Å²) >= 11 is 11.9. The molecular weight excluding hydrogens is 353 g/mol. The number of hydrogen-bond acceptors (Lipinski definition) is 4. The summed E-state index contributed by atoms with van der Waals surface area (Å²) in [7, 11) is 0. The second-order valence-electron chi connectivity index (χ2n) is 5.24. The minimum atomic E-state index is -0.713. The molecule has 126 valence electrons. The van der Waals surface area contributed by atoms with E-state index >= 15 is 0 Å². The smallest absolute Gasteiger partial charge is 0.261 e. The number of hydrogen-bond donors (Lipinski definition) is 1. The minimum absolute atomic E-state index is 0.219. The van der Waals surface area contributed by atoms with Crippen molar-refractivity contribution in [3.05, 3.63) is 52.0 Å². The van der Waals surface area contributed by atoms with Gasteiger partial charge in [-0.3, -0.25) is 4.79 Å². The molecule has 1 atom stereocenters. The fourth-order valence-corrected chi connectivity index (χ4v) is 2.52. The maximum absolute atomic E-state index is 12.2. The number of carbonyl (C=O) groups is 1. The fraction of sp³-hybridized carbons (Fsp3) is 0.235. The predicted octanol–water partition coefficient (Wildman–Crippen LogP) is 3.81. The third kappa shape index (κ3) is 3.86. The maximum Gasteiger partial charge on any atom is 0.261 e. The molecule has 0 spiro atoms. The summed E-state index contributed by atoms with van der Waals surface area (Å²) in [6, 6.07) is 10.4. The van der Waals surface area contributed by atoms with Gasteiger partial charge in [-0.25, -0.2) is 0 Å². The first-order chi connectivity index (χ1) is 11.5. The highest BCUT2D eigenvalue weighted by atomic mass is 35.5. The summed E-state index contributed by atoms with van der Waals surface area (Å²) in [5.41, 5.74) is 0.903. The molecule has 5 nitrogen and oxygen atoms in total. The van der Waals surface area contributed by atoms with E-state index in [4.69, 9.17) is 37.4 Å². The normalized spacial score (nSPS) is 13.5. The van der Waals surface area contributed by atoms with Crippen molar-refractivity contribution >= 4 is 29.1 Å². The van der Waals surface area contributed by atoms with E-state index in [-0.39, 0.29) is 12.7 Å².